The van der Waals surface area contributed by atoms with Crippen molar-refractivity contribution in [3.05, 3.63) is 262 Å². The van der Waals surface area contributed by atoms with Gasteiger partial charge in [0.25, 0.3) is 23.6 Å². The number of aliphatic carboxylic acids is 2. The lowest BCUT2D eigenvalue weighted by atomic mass is 9.84. The highest BCUT2D eigenvalue weighted by Gasteiger charge is 2.48. The lowest BCUT2D eigenvalue weighted by Crippen LogP contribution is -2.53. The minimum atomic E-state index is -1.65. The first-order chi connectivity index (χ1) is 34.1. The number of carboxylic acid groups (broad SMARTS) is 2. The number of thioether (sulfide) groups is 2. The zero-order chi connectivity index (χ0) is 48.6. The molecule has 2 aliphatic heterocycles. The molecule has 344 valence electrons. The molecule has 2 aliphatic rings. The van der Waals surface area contributed by atoms with Gasteiger partial charge < -0.3 is 10.2 Å². The summed E-state index contributed by atoms with van der Waals surface area (Å²) in [5, 5.41) is 21.9. The van der Waals surface area contributed by atoms with Crippen molar-refractivity contribution in [1.29, 1.82) is 0 Å². The van der Waals surface area contributed by atoms with E-state index in [1.807, 2.05) is 182 Å². The van der Waals surface area contributed by atoms with Gasteiger partial charge in [-0.2, -0.15) is 0 Å². The maximum Gasteiger partial charge on any atom is 0.327 e. The van der Waals surface area contributed by atoms with E-state index in [1.165, 1.54) is 47.8 Å². The van der Waals surface area contributed by atoms with Gasteiger partial charge in [0.2, 0.25) is 0 Å². The van der Waals surface area contributed by atoms with Gasteiger partial charge in [-0.3, -0.25) is 29.0 Å². The van der Waals surface area contributed by atoms with Crippen LogP contribution in [0.2, 0.25) is 0 Å². The molecule has 12 heteroatoms. The predicted molar refractivity (Wildman–Crippen MR) is 271 cm³/mol. The zero-order valence-corrected chi connectivity index (χ0v) is 38.9. The van der Waals surface area contributed by atoms with E-state index < -0.39 is 57.1 Å². The Morgan fingerprint density at radius 2 is 0.557 bits per heavy atom. The predicted octanol–water partition coefficient (Wildman–Crippen LogP) is 10.4. The monoisotopic (exact) mass is 958 g/mol. The fourth-order valence-electron chi connectivity index (χ4n) is 9.94. The van der Waals surface area contributed by atoms with Crippen LogP contribution in [-0.4, -0.2) is 79.2 Å². The van der Waals surface area contributed by atoms with E-state index in [2.05, 4.69) is 0 Å². The summed E-state index contributed by atoms with van der Waals surface area (Å²) in [4.78, 5) is 87.4. The van der Waals surface area contributed by atoms with Crippen molar-refractivity contribution in [3.63, 3.8) is 0 Å². The summed E-state index contributed by atoms with van der Waals surface area (Å²) in [5.74, 6) is -6.86. The van der Waals surface area contributed by atoms with Crippen molar-refractivity contribution in [2.45, 2.75) is 21.6 Å². The van der Waals surface area contributed by atoms with Crippen LogP contribution in [0.4, 0.5) is 0 Å². The maximum absolute atomic E-state index is 14.7. The van der Waals surface area contributed by atoms with Crippen molar-refractivity contribution in [3.8, 4) is 0 Å². The van der Waals surface area contributed by atoms with Crippen LogP contribution in [0.5, 0.6) is 0 Å². The number of carboxylic acids is 2. The second-order valence-electron chi connectivity index (χ2n) is 16.9. The van der Waals surface area contributed by atoms with Crippen LogP contribution in [0.25, 0.3) is 10.8 Å². The molecule has 8 aromatic carbocycles. The zero-order valence-electron chi connectivity index (χ0n) is 37.3. The molecule has 10 rings (SSSR count). The van der Waals surface area contributed by atoms with Crippen LogP contribution >= 0.6 is 23.5 Å². The van der Waals surface area contributed by atoms with Crippen molar-refractivity contribution < 1.29 is 39.0 Å². The van der Waals surface area contributed by atoms with Gasteiger partial charge in [0.05, 0.1) is 9.49 Å². The molecule has 0 saturated heterocycles. The van der Waals surface area contributed by atoms with E-state index in [-0.39, 0.29) is 44.5 Å². The molecule has 0 spiro atoms. The molecule has 0 fully saturated rings. The van der Waals surface area contributed by atoms with E-state index in [9.17, 15) is 39.0 Å². The summed E-state index contributed by atoms with van der Waals surface area (Å²) < 4.78 is -1.94. The standard InChI is InChI=1S/C58H42N2O8S2/c61-51-43-31-33-45-50-46(54(64)60(53(45)63)48(56(67)68)36-70-58(40-25-13-4-14-26-40,41-27-15-5-16-28-41)42-29-17-6-18-30-42)34-32-44(49(43)50)52(62)59(51)47(55(65)66)35-69-57(37-19-7-1-8-20-37,38-21-9-2-10-22-38)39-23-11-3-12-24-39/h1-34,47-48H,35-36H2,(H,65,66)(H,67,68)/t47-,48-/m1/s1. The molecule has 0 unspecified atom stereocenters. The number of carbonyl (C=O) groups is 6. The average Bonchev–Trinajstić information content (AvgIpc) is 3.40. The van der Waals surface area contributed by atoms with Gasteiger partial charge in [-0.25, -0.2) is 9.59 Å². The van der Waals surface area contributed by atoms with E-state index in [0.29, 0.717) is 0 Å². The van der Waals surface area contributed by atoms with Gasteiger partial charge >= 0.3 is 11.9 Å². The molecule has 0 aromatic heterocycles. The van der Waals surface area contributed by atoms with E-state index in [0.717, 1.165) is 43.2 Å². The Balaban J connectivity index is 1.00. The second-order valence-corrected chi connectivity index (χ2v) is 19.4. The normalized spacial score (nSPS) is 14.4. The number of amides is 4. The molecule has 4 amide bonds. The number of nitrogens with zero attached hydrogens (tertiary/aromatic N) is 2. The lowest BCUT2D eigenvalue weighted by molar-refractivity contribution is -0.141. The third-order valence-electron chi connectivity index (χ3n) is 13.1. The fourth-order valence-corrected chi connectivity index (χ4v) is 13.2. The van der Waals surface area contributed by atoms with Crippen LogP contribution in [0, 0.1) is 0 Å². The molecule has 2 atom stereocenters. The highest BCUT2D eigenvalue weighted by atomic mass is 32.2. The Kier molecular flexibility index (Phi) is 12.3. The van der Waals surface area contributed by atoms with Gasteiger partial charge in [-0.1, -0.05) is 182 Å². The highest BCUT2D eigenvalue weighted by Crippen LogP contribution is 2.51. The summed E-state index contributed by atoms with van der Waals surface area (Å²) in [6, 6.07) is 59.9. The lowest BCUT2D eigenvalue weighted by Gasteiger charge is -2.39. The molecular weight excluding hydrogens is 917 g/mol. The number of hydrogen-bond donors (Lipinski definition) is 2. The number of carbonyl (C=O) groups excluding carboxylic acids is 4. The van der Waals surface area contributed by atoms with Crippen LogP contribution in [0.1, 0.15) is 74.8 Å². The third-order valence-corrected chi connectivity index (χ3v) is 16.4. The summed E-state index contributed by atoms with van der Waals surface area (Å²) >= 11 is 2.58. The first-order valence-electron chi connectivity index (χ1n) is 22.5. The number of imide groups is 2. The van der Waals surface area contributed by atoms with Crippen LogP contribution in [0.3, 0.4) is 0 Å². The molecule has 2 N–H and O–H groups in total. The van der Waals surface area contributed by atoms with Crippen molar-refractivity contribution in [1.82, 2.24) is 9.80 Å². The Bertz CT molecular complexity index is 2840. The Hall–Kier alpha value is -8.06. The maximum atomic E-state index is 14.7. The summed E-state index contributed by atoms with van der Waals surface area (Å²) in [6.07, 6.45) is 0. The minimum absolute atomic E-state index is 0.0316. The molecule has 8 aromatic rings. The second kappa shape index (κ2) is 18.8. The van der Waals surface area contributed by atoms with Crippen LogP contribution in [-0.2, 0) is 19.1 Å². The molecule has 0 aliphatic carbocycles. The Morgan fingerprint density at radius 1 is 0.357 bits per heavy atom. The summed E-state index contributed by atoms with van der Waals surface area (Å²) in [5.41, 5.74) is 4.89. The fraction of sp³-hybridized carbons (Fsp3) is 0.103. The van der Waals surface area contributed by atoms with Crippen molar-refractivity contribution >= 4 is 69.9 Å². The Labute approximate surface area is 411 Å². The number of benzene rings is 8. The van der Waals surface area contributed by atoms with Crippen molar-refractivity contribution in [2.24, 2.45) is 0 Å². The van der Waals surface area contributed by atoms with Crippen LogP contribution in [0.15, 0.2) is 206 Å². The smallest absolute Gasteiger partial charge is 0.327 e. The van der Waals surface area contributed by atoms with E-state index >= 15 is 0 Å². The first-order valence-corrected chi connectivity index (χ1v) is 24.5. The van der Waals surface area contributed by atoms with Gasteiger partial charge in [-0.05, 0) is 57.6 Å². The molecule has 70 heavy (non-hydrogen) atoms. The van der Waals surface area contributed by atoms with Gasteiger partial charge in [0.15, 0.2) is 0 Å². The van der Waals surface area contributed by atoms with Gasteiger partial charge in [-0.15, -0.1) is 23.5 Å². The number of hydrogen-bond acceptors (Lipinski definition) is 8. The number of rotatable bonds is 16. The minimum Gasteiger partial charge on any atom is -0.480 e. The summed E-state index contributed by atoms with van der Waals surface area (Å²) in [6.45, 7) is 0. The largest absolute Gasteiger partial charge is 0.480 e. The first kappa shape index (κ1) is 45.7. The molecule has 2 heterocycles. The molecule has 0 bridgehead atoms. The van der Waals surface area contributed by atoms with E-state index in [4.69, 9.17) is 0 Å². The third kappa shape index (κ3) is 7.56. The highest BCUT2D eigenvalue weighted by molar-refractivity contribution is 8.01. The quantitative estimate of drug-likeness (QED) is 0.0708. The summed E-state index contributed by atoms with van der Waals surface area (Å²) in [7, 11) is 0. The average molecular weight is 959 g/mol. The van der Waals surface area contributed by atoms with E-state index in [1.54, 1.807) is 0 Å². The van der Waals surface area contributed by atoms with Crippen molar-refractivity contribution in [2.75, 3.05) is 11.5 Å². The molecule has 0 saturated carbocycles. The van der Waals surface area contributed by atoms with Gasteiger partial charge in [0.1, 0.15) is 12.1 Å². The molecule has 0 radical (unpaired) electrons. The Morgan fingerprint density at radius 3 is 0.743 bits per heavy atom. The molecular formula is C58H42N2O8S2. The van der Waals surface area contributed by atoms with Crippen LogP contribution < -0.4 is 0 Å². The topological polar surface area (TPSA) is 149 Å². The molecule has 10 nitrogen and oxygen atoms in total. The SMILES string of the molecule is O=C(O)[C@@H](CSC(c1ccccc1)(c1ccccc1)c1ccccc1)N1C(=O)c2ccc3c4c(ccc(c24)C1=O)C(=O)N([C@H](CSC(c1ccccc1)(c1ccccc1)c1ccccc1)C(=O)O)C3=O. The van der Waals surface area contributed by atoms with Gasteiger partial charge in [0, 0.05) is 44.5 Å².